The van der Waals surface area contributed by atoms with Crippen molar-refractivity contribution >= 4 is 11.8 Å². The number of benzene rings is 1. The first-order valence-corrected chi connectivity index (χ1v) is 6.45. The number of carbonyl (C=O) groups is 2. The molecule has 0 radical (unpaired) electrons. The van der Waals surface area contributed by atoms with Gasteiger partial charge in [0.15, 0.2) is 0 Å². The molecule has 0 saturated carbocycles. The van der Waals surface area contributed by atoms with E-state index in [1.165, 1.54) is 0 Å². The first-order valence-electron chi connectivity index (χ1n) is 6.45. The predicted octanol–water partition coefficient (Wildman–Crippen LogP) is 1.10. The number of carbonyl (C=O) groups excluding carboxylic acids is 2. The number of hydrogen-bond acceptors (Lipinski definition) is 3. The molecular weight excluding hydrogens is 242 g/mol. The lowest BCUT2D eigenvalue weighted by molar-refractivity contribution is -0.122. The Balaban J connectivity index is 2.41. The molecule has 0 aliphatic carbocycles. The zero-order valence-electron chi connectivity index (χ0n) is 11.7. The first kappa shape index (κ1) is 15.2. The van der Waals surface area contributed by atoms with Gasteiger partial charge in [0.2, 0.25) is 0 Å². The fourth-order valence-corrected chi connectivity index (χ4v) is 1.59. The van der Waals surface area contributed by atoms with E-state index in [0.717, 1.165) is 18.7 Å². The van der Waals surface area contributed by atoms with Crippen molar-refractivity contribution in [2.45, 2.75) is 20.8 Å². The number of hydrogen-bond donors (Lipinski definition) is 2. The molecule has 0 fully saturated rings. The Bertz CT molecular complexity index is 425. The number of likely N-dealkylation sites (N-methyl/N-ethyl adjacent to an activating group) is 1. The van der Waals surface area contributed by atoms with Crippen molar-refractivity contribution in [3.05, 3.63) is 35.4 Å². The van der Waals surface area contributed by atoms with Gasteiger partial charge in [-0.1, -0.05) is 31.5 Å². The molecule has 104 valence electrons. The molecule has 5 nitrogen and oxygen atoms in total. The normalized spacial score (nSPS) is 10.3. The number of amides is 2. The standard InChI is InChI=1S/C14H21N3O2/c1-4-17(5-2)10-13(18)15-16-14(19)12-8-6-11(3)7-9-12/h6-9H,4-5,10H2,1-3H3,(H,15,18)(H,16,19). The van der Waals surface area contributed by atoms with Gasteiger partial charge >= 0.3 is 0 Å². The summed E-state index contributed by atoms with van der Waals surface area (Å²) in [6, 6.07) is 7.15. The minimum Gasteiger partial charge on any atom is -0.295 e. The van der Waals surface area contributed by atoms with Gasteiger partial charge < -0.3 is 0 Å². The van der Waals surface area contributed by atoms with Crippen LogP contribution in [0.15, 0.2) is 24.3 Å². The van der Waals surface area contributed by atoms with Crippen molar-refractivity contribution in [1.82, 2.24) is 15.8 Å². The molecule has 19 heavy (non-hydrogen) atoms. The van der Waals surface area contributed by atoms with Gasteiger partial charge in [0.25, 0.3) is 11.8 Å². The molecule has 0 bridgehead atoms. The lowest BCUT2D eigenvalue weighted by Gasteiger charge is -2.17. The Morgan fingerprint density at radius 1 is 1.05 bits per heavy atom. The van der Waals surface area contributed by atoms with Crippen molar-refractivity contribution in [3.63, 3.8) is 0 Å². The SMILES string of the molecule is CCN(CC)CC(=O)NNC(=O)c1ccc(C)cc1. The molecule has 0 aliphatic heterocycles. The van der Waals surface area contributed by atoms with Crippen molar-refractivity contribution in [3.8, 4) is 0 Å². The molecular formula is C14H21N3O2. The zero-order valence-corrected chi connectivity index (χ0v) is 11.7. The highest BCUT2D eigenvalue weighted by molar-refractivity contribution is 5.95. The van der Waals surface area contributed by atoms with E-state index in [9.17, 15) is 9.59 Å². The minimum absolute atomic E-state index is 0.218. The number of nitrogens with zero attached hydrogens (tertiary/aromatic N) is 1. The van der Waals surface area contributed by atoms with E-state index in [2.05, 4.69) is 10.9 Å². The smallest absolute Gasteiger partial charge is 0.269 e. The summed E-state index contributed by atoms with van der Waals surface area (Å²) in [4.78, 5) is 25.3. The van der Waals surface area contributed by atoms with E-state index in [1.54, 1.807) is 12.1 Å². The van der Waals surface area contributed by atoms with Crippen molar-refractivity contribution in [1.29, 1.82) is 0 Å². The van der Waals surface area contributed by atoms with Crippen LogP contribution < -0.4 is 10.9 Å². The van der Waals surface area contributed by atoms with E-state index < -0.39 is 0 Å². The molecule has 1 aromatic carbocycles. The summed E-state index contributed by atoms with van der Waals surface area (Å²) in [7, 11) is 0. The lowest BCUT2D eigenvalue weighted by atomic mass is 10.1. The third kappa shape index (κ3) is 5.09. The average molecular weight is 263 g/mol. The molecule has 0 aliphatic rings. The third-order valence-corrected chi connectivity index (χ3v) is 2.89. The molecule has 2 amide bonds. The highest BCUT2D eigenvalue weighted by atomic mass is 16.2. The molecule has 0 heterocycles. The molecule has 1 rings (SSSR count). The van der Waals surface area contributed by atoms with Crippen LogP contribution in [-0.2, 0) is 4.79 Å². The fraction of sp³-hybridized carbons (Fsp3) is 0.429. The van der Waals surface area contributed by atoms with Gasteiger partial charge in [0.1, 0.15) is 0 Å². The van der Waals surface area contributed by atoms with Crippen LogP contribution in [0.25, 0.3) is 0 Å². The average Bonchev–Trinajstić information content (AvgIpc) is 2.43. The monoisotopic (exact) mass is 263 g/mol. The second-order valence-electron chi connectivity index (χ2n) is 4.33. The largest absolute Gasteiger partial charge is 0.295 e. The maximum Gasteiger partial charge on any atom is 0.269 e. The van der Waals surface area contributed by atoms with Crippen molar-refractivity contribution < 1.29 is 9.59 Å². The molecule has 2 N–H and O–H groups in total. The van der Waals surface area contributed by atoms with E-state index in [1.807, 2.05) is 37.8 Å². The maximum atomic E-state index is 11.7. The van der Waals surface area contributed by atoms with Gasteiger partial charge in [-0.3, -0.25) is 25.3 Å². The van der Waals surface area contributed by atoms with Crippen LogP contribution in [0.1, 0.15) is 29.8 Å². The van der Waals surface area contributed by atoms with Crippen LogP contribution in [0, 0.1) is 6.92 Å². The van der Waals surface area contributed by atoms with E-state index >= 15 is 0 Å². The van der Waals surface area contributed by atoms with Crippen LogP contribution in [0.2, 0.25) is 0 Å². The summed E-state index contributed by atoms with van der Waals surface area (Å²) in [5.74, 6) is -0.531. The van der Waals surface area contributed by atoms with E-state index in [-0.39, 0.29) is 18.4 Å². The second-order valence-corrected chi connectivity index (χ2v) is 4.33. The molecule has 0 unspecified atom stereocenters. The summed E-state index contributed by atoms with van der Waals surface area (Å²) >= 11 is 0. The van der Waals surface area contributed by atoms with Gasteiger partial charge in [0.05, 0.1) is 6.54 Å². The lowest BCUT2D eigenvalue weighted by Crippen LogP contribution is -2.46. The van der Waals surface area contributed by atoms with Gasteiger partial charge in [-0.15, -0.1) is 0 Å². The maximum absolute atomic E-state index is 11.7. The zero-order chi connectivity index (χ0) is 14.3. The predicted molar refractivity (Wildman–Crippen MR) is 74.6 cm³/mol. The fourth-order valence-electron chi connectivity index (χ4n) is 1.59. The summed E-state index contributed by atoms with van der Waals surface area (Å²) < 4.78 is 0. The molecule has 1 aromatic rings. The highest BCUT2D eigenvalue weighted by Gasteiger charge is 2.09. The van der Waals surface area contributed by atoms with Crippen LogP contribution in [0.4, 0.5) is 0 Å². The topological polar surface area (TPSA) is 61.4 Å². The Kier molecular flexibility index (Phi) is 6.02. The highest BCUT2D eigenvalue weighted by Crippen LogP contribution is 2.02. The summed E-state index contributed by atoms with van der Waals surface area (Å²) in [5.41, 5.74) is 6.43. The Labute approximate surface area is 114 Å². The van der Waals surface area contributed by atoms with Crippen molar-refractivity contribution in [2.75, 3.05) is 19.6 Å². The minimum atomic E-state index is -0.312. The molecule has 0 atom stereocenters. The van der Waals surface area contributed by atoms with Gasteiger partial charge in [0, 0.05) is 5.56 Å². The Morgan fingerprint density at radius 2 is 1.63 bits per heavy atom. The van der Waals surface area contributed by atoms with E-state index in [0.29, 0.717) is 5.56 Å². The Morgan fingerprint density at radius 3 is 2.16 bits per heavy atom. The summed E-state index contributed by atoms with van der Waals surface area (Å²) in [5, 5.41) is 0. The molecule has 0 spiro atoms. The summed E-state index contributed by atoms with van der Waals surface area (Å²) in [6.07, 6.45) is 0. The molecule has 0 aromatic heterocycles. The first-order chi connectivity index (χ1) is 9.06. The van der Waals surface area contributed by atoms with Crippen LogP contribution >= 0.6 is 0 Å². The number of hydrazine groups is 1. The second kappa shape index (κ2) is 7.53. The molecule has 0 saturated heterocycles. The third-order valence-electron chi connectivity index (χ3n) is 2.89. The molecule has 5 heteroatoms. The van der Waals surface area contributed by atoms with Crippen LogP contribution in [0.3, 0.4) is 0 Å². The van der Waals surface area contributed by atoms with Gasteiger partial charge in [-0.05, 0) is 32.1 Å². The van der Waals surface area contributed by atoms with E-state index in [4.69, 9.17) is 0 Å². The quantitative estimate of drug-likeness (QED) is 0.782. The van der Waals surface area contributed by atoms with Crippen LogP contribution in [-0.4, -0.2) is 36.3 Å². The van der Waals surface area contributed by atoms with Gasteiger partial charge in [-0.25, -0.2) is 0 Å². The van der Waals surface area contributed by atoms with Crippen molar-refractivity contribution in [2.24, 2.45) is 0 Å². The summed E-state index contributed by atoms with van der Waals surface area (Å²) in [6.45, 7) is 7.81. The number of aryl methyl sites for hydroxylation is 1. The number of rotatable bonds is 5. The van der Waals surface area contributed by atoms with Crippen LogP contribution in [0.5, 0.6) is 0 Å². The number of nitrogens with one attached hydrogen (secondary N) is 2. The van der Waals surface area contributed by atoms with Gasteiger partial charge in [-0.2, -0.15) is 0 Å². The Hall–Kier alpha value is -1.88.